The van der Waals surface area contributed by atoms with Crippen LogP contribution >= 0.6 is 11.6 Å². The molecule has 0 spiro atoms. The highest BCUT2D eigenvalue weighted by Crippen LogP contribution is 2.35. The zero-order valence-electron chi connectivity index (χ0n) is 13.1. The van der Waals surface area contributed by atoms with Crippen molar-refractivity contribution in [2.24, 2.45) is 0 Å². The molecule has 2 aromatic carbocycles. The number of aromatic nitrogens is 2. The third-order valence-corrected chi connectivity index (χ3v) is 3.94. The van der Waals surface area contributed by atoms with Crippen LogP contribution in [0.25, 0.3) is 10.9 Å². The van der Waals surface area contributed by atoms with Crippen LogP contribution in [0.1, 0.15) is 21.5 Å². The maximum absolute atomic E-state index is 12.9. The molecule has 134 valence electrons. The summed E-state index contributed by atoms with van der Waals surface area (Å²) < 4.78 is 38.6. The molecular weight excluding hydrogens is 369 g/mol. The van der Waals surface area contributed by atoms with Gasteiger partial charge < -0.3 is 0 Å². The van der Waals surface area contributed by atoms with Gasteiger partial charge in [-0.2, -0.15) is 13.2 Å². The first-order valence-corrected chi connectivity index (χ1v) is 7.81. The fourth-order valence-corrected chi connectivity index (χ4v) is 2.62. The van der Waals surface area contributed by atoms with Crippen LogP contribution in [-0.2, 0) is 12.7 Å². The molecule has 0 fully saturated rings. The summed E-state index contributed by atoms with van der Waals surface area (Å²) >= 11 is 5.58. The number of para-hydroxylation sites is 1. The van der Waals surface area contributed by atoms with Gasteiger partial charge in [-0.05, 0) is 23.8 Å². The molecule has 1 amide bonds. The van der Waals surface area contributed by atoms with E-state index < -0.39 is 17.6 Å². The van der Waals surface area contributed by atoms with Gasteiger partial charge in [-0.3, -0.25) is 10.2 Å². The van der Waals surface area contributed by atoms with Gasteiger partial charge in [0.15, 0.2) is 0 Å². The van der Waals surface area contributed by atoms with Gasteiger partial charge in [0.1, 0.15) is 6.33 Å². The second-order valence-corrected chi connectivity index (χ2v) is 5.79. The fraction of sp³-hybridized carbons (Fsp3) is 0.118. The number of nitrogens with zero attached hydrogens (tertiary/aromatic N) is 2. The smallest absolute Gasteiger partial charge is 0.287 e. The molecule has 9 heteroatoms. The second kappa shape index (κ2) is 7.27. The third kappa shape index (κ3) is 3.92. The highest BCUT2D eigenvalue weighted by Gasteiger charge is 2.33. The lowest BCUT2D eigenvalue weighted by Gasteiger charge is -2.12. The summed E-state index contributed by atoms with van der Waals surface area (Å²) in [6.07, 6.45) is -1.63. The summed E-state index contributed by atoms with van der Waals surface area (Å²) in [6.45, 7) is -0.00820. The van der Waals surface area contributed by atoms with Crippen molar-refractivity contribution in [2.45, 2.75) is 12.7 Å². The summed E-state index contributed by atoms with van der Waals surface area (Å²) in [5.74, 6) is -0.459. The molecule has 0 bridgehead atoms. The van der Waals surface area contributed by atoms with Gasteiger partial charge >= 0.3 is 6.18 Å². The van der Waals surface area contributed by atoms with E-state index in [1.165, 1.54) is 18.5 Å². The molecule has 0 saturated carbocycles. The Hall–Kier alpha value is -2.71. The number of carbonyl (C=O) groups excluding carboxylic acids is 1. The van der Waals surface area contributed by atoms with E-state index in [0.717, 1.165) is 6.07 Å². The first-order valence-electron chi connectivity index (χ1n) is 7.44. The Morgan fingerprint density at radius 1 is 1.19 bits per heavy atom. The zero-order valence-corrected chi connectivity index (χ0v) is 13.9. The number of fused-ring (bicyclic) bond motifs is 1. The summed E-state index contributed by atoms with van der Waals surface area (Å²) in [4.78, 5) is 20.3. The van der Waals surface area contributed by atoms with Crippen LogP contribution in [-0.4, -0.2) is 15.9 Å². The van der Waals surface area contributed by atoms with Crippen molar-refractivity contribution < 1.29 is 18.0 Å². The molecule has 2 N–H and O–H groups in total. The van der Waals surface area contributed by atoms with Crippen LogP contribution in [0.4, 0.5) is 13.2 Å². The Balaban J connectivity index is 1.69. The molecule has 0 atom stereocenters. The van der Waals surface area contributed by atoms with Crippen molar-refractivity contribution in [2.75, 3.05) is 0 Å². The minimum Gasteiger partial charge on any atom is -0.287 e. The molecule has 3 rings (SSSR count). The number of hydrogen-bond acceptors (Lipinski definition) is 4. The standard InChI is InChI=1S/C17H12ClF3N4O/c18-14-5-4-10(6-13(14)17(19,20)21)7-24-25-16(26)12-3-1-2-11-8-22-9-23-15(11)12/h1-6,8-9,24H,7H2,(H,25,26). The SMILES string of the molecule is O=C(NNCc1ccc(Cl)c(C(F)(F)F)c1)c1cccc2cncnc12. The molecule has 0 unspecified atom stereocenters. The van der Waals surface area contributed by atoms with E-state index in [4.69, 9.17) is 11.6 Å². The summed E-state index contributed by atoms with van der Waals surface area (Å²) in [5.41, 5.74) is 5.26. The van der Waals surface area contributed by atoms with Gasteiger partial charge in [0.25, 0.3) is 5.91 Å². The number of benzene rings is 2. The number of halogens is 4. The molecule has 26 heavy (non-hydrogen) atoms. The van der Waals surface area contributed by atoms with E-state index in [-0.39, 0.29) is 11.6 Å². The van der Waals surface area contributed by atoms with Gasteiger partial charge in [0, 0.05) is 18.1 Å². The van der Waals surface area contributed by atoms with Crippen molar-refractivity contribution in [3.63, 3.8) is 0 Å². The highest BCUT2D eigenvalue weighted by atomic mass is 35.5. The van der Waals surface area contributed by atoms with E-state index in [0.29, 0.717) is 22.0 Å². The lowest BCUT2D eigenvalue weighted by molar-refractivity contribution is -0.137. The Kier molecular flexibility index (Phi) is 5.06. The maximum Gasteiger partial charge on any atom is 0.417 e. The van der Waals surface area contributed by atoms with Gasteiger partial charge in [-0.1, -0.05) is 29.8 Å². The first-order chi connectivity index (χ1) is 12.4. The van der Waals surface area contributed by atoms with Gasteiger partial charge in [0.2, 0.25) is 0 Å². The summed E-state index contributed by atoms with van der Waals surface area (Å²) in [7, 11) is 0. The van der Waals surface area contributed by atoms with E-state index in [1.54, 1.807) is 24.4 Å². The lowest BCUT2D eigenvalue weighted by atomic mass is 10.1. The number of alkyl halides is 3. The average Bonchev–Trinajstić information content (AvgIpc) is 2.61. The van der Waals surface area contributed by atoms with Gasteiger partial charge in [-0.15, -0.1) is 0 Å². The van der Waals surface area contributed by atoms with Crippen molar-refractivity contribution in [1.29, 1.82) is 0 Å². The summed E-state index contributed by atoms with van der Waals surface area (Å²) in [5, 5.41) is 0.327. The van der Waals surface area contributed by atoms with Crippen LogP contribution in [0.2, 0.25) is 5.02 Å². The molecular formula is C17H12ClF3N4O. The number of hydrogen-bond donors (Lipinski definition) is 2. The van der Waals surface area contributed by atoms with Crippen molar-refractivity contribution in [3.8, 4) is 0 Å². The Morgan fingerprint density at radius 3 is 2.77 bits per heavy atom. The van der Waals surface area contributed by atoms with E-state index >= 15 is 0 Å². The number of rotatable bonds is 4. The molecule has 0 aliphatic rings. The predicted molar refractivity (Wildman–Crippen MR) is 90.3 cm³/mol. The van der Waals surface area contributed by atoms with Crippen LogP contribution in [0.5, 0.6) is 0 Å². The van der Waals surface area contributed by atoms with Gasteiger partial charge in [0.05, 0.1) is 21.7 Å². The maximum atomic E-state index is 12.9. The third-order valence-electron chi connectivity index (χ3n) is 3.61. The van der Waals surface area contributed by atoms with Crippen molar-refractivity contribution in [3.05, 3.63) is 70.6 Å². The summed E-state index contributed by atoms with van der Waals surface area (Å²) in [6, 6.07) is 8.61. The van der Waals surface area contributed by atoms with Gasteiger partial charge in [-0.25, -0.2) is 15.4 Å². The second-order valence-electron chi connectivity index (χ2n) is 5.39. The van der Waals surface area contributed by atoms with E-state index in [1.807, 2.05) is 0 Å². The molecule has 1 heterocycles. The molecule has 0 aliphatic carbocycles. The Labute approximate surface area is 151 Å². The Morgan fingerprint density at radius 2 is 2.00 bits per heavy atom. The monoisotopic (exact) mass is 380 g/mol. The predicted octanol–water partition coefficient (Wildman–Crippen LogP) is 3.74. The minimum absolute atomic E-state index is 0.00820. The number of hydrazine groups is 1. The minimum atomic E-state index is -4.54. The first kappa shape index (κ1) is 18.1. The number of carbonyl (C=O) groups is 1. The molecule has 3 aromatic rings. The largest absolute Gasteiger partial charge is 0.417 e. The van der Waals surface area contributed by atoms with E-state index in [2.05, 4.69) is 20.8 Å². The lowest BCUT2D eigenvalue weighted by Crippen LogP contribution is -2.37. The molecule has 0 radical (unpaired) electrons. The molecule has 1 aromatic heterocycles. The number of nitrogens with one attached hydrogen (secondary N) is 2. The quantitative estimate of drug-likeness (QED) is 0.677. The average molecular weight is 381 g/mol. The van der Waals surface area contributed by atoms with Crippen molar-refractivity contribution >= 4 is 28.4 Å². The zero-order chi connectivity index (χ0) is 18.7. The van der Waals surface area contributed by atoms with Crippen LogP contribution < -0.4 is 10.9 Å². The topological polar surface area (TPSA) is 66.9 Å². The fourth-order valence-electron chi connectivity index (χ4n) is 2.39. The van der Waals surface area contributed by atoms with Crippen LogP contribution in [0.15, 0.2) is 48.9 Å². The normalized spacial score (nSPS) is 11.5. The molecule has 5 nitrogen and oxygen atoms in total. The highest BCUT2D eigenvalue weighted by molar-refractivity contribution is 6.31. The molecule has 0 saturated heterocycles. The number of amides is 1. The Bertz CT molecular complexity index is 957. The van der Waals surface area contributed by atoms with Crippen LogP contribution in [0, 0.1) is 0 Å². The van der Waals surface area contributed by atoms with Crippen LogP contribution in [0.3, 0.4) is 0 Å². The van der Waals surface area contributed by atoms with E-state index in [9.17, 15) is 18.0 Å². The van der Waals surface area contributed by atoms with Crippen molar-refractivity contribution in [1.82, 2.24) is 20.8 Å². The molecule has 0 aliphatic heterocycles.